The average Bonchev–Trinajstić information content (AvgIpc) is 3.04. The van der Waals surface area contributed by atoms with Crippen LogP contribution >= 0.6 is 11.6 Å². The van der Waals surface area contributed by atoms with Crippen LogP contribution in [0.3, 0.4) is 0 Å². The molecule has 1 heteroatoms. The molecular formula is C24H43Cl. The molecular weight excluding hydrogens is 324 g/mol. The van der Waals surface area contributed by atoms with E-state index in [0.29, 0.717) is 5.41 Å². The van der Waals surface area contributed by atoms with Gasteiger partial charge in [-0.2, -0.15) is 0 Å². The van der Waals surface area contributed by atoms with Crippen molar-refractivity contribution >= 4 is 11.6 Å². The van der Waals surface area contributed by atoms with Gasteiger partial charge in [0, 0.05) is 5.88 Å². The van der Waals surface area contributed by atoms with Gasteiger partial charge in [0.15, 0.2) is 0 Å². The first-order valence-corrected chi connectivity index (χ1v) is 11.8. The highest BCUT2D eigenvalue weighted by atomic mass is 35.5. The zero-order chi connectivity index (χ0) is 18.6. The normalized spacial score (nSPS) is 46.3. The summed E-state index contributed by atoms with van der Waals surface area (Å²) >= 11 is 6.08. The Balaban J connectivity index is 0.000000410. The number of alkyl halides is 1. The molecule has 0 heterocycles. The average molecular weight is 367 g/mol. The van der Waals surface area contributed by atoms with Crippen molar-refractivity contribution in [1.82, 2.24) is 0 Å². The highest BCUT2D eigenvalue weighted by Crippen LogP contribution is 2.71. The van der Waals surface area contributed by atoms with Crippen LogP contribution in [0.1, 0.15) is 86.5 Å². The molecule has 8 unspecified atom stereocenters. The molecule has 0 N–H and O–H groups in total. The Morgan fingerprint density at radius 2 is 1.76 bits per heavy atom. The Bertz CT molecular complexity index is 428. The summed E-state index contributed by atoms with van der Waals surface area (Å²) in [6, 6.07) is 0. The van der Waals surface area contributed by atoms with Crippen LogP contribution in [0.15, 0.2) is 12.2 Å². The zero-order valence-electron chi connectivity index (χ0n) is 17.7. The molecule has 0 aliphatic heterocycles. The lowest BCUT2D eigenvalue weighted by Gasteiger charge is -2.40. The SMILES string of the molecule is CC.CC1C=CCC2C1C(C)C13CC(CCCl)C(CCC21)C3.CCC. The predicted molar refractivity (Wildman–Crippen MR) is 113 cm³/mol. The summed E-state index contributed by atoms with van der Waals surface area (Å²) in [7, 11) is 0. The maximum absolute atomic E-state index is 6.08. The molecule has 1 spiro atoms. The van der Waals surface area contributed by atoms with E-state index in [0.717, 1.165) is 47.3 Å². The molecule has 4 aliphatic carbocycles. The Morgan fingerprint density at radius 3 is 2.40 bits per heavy atom. The van der Waals surface area contributed by atoms with Crippen molar-refractivity contribution in [2.45, 2.75) is 86.5 Å². The van der Waals surface area contributed by atoms with Gasteiger partial charge in [0.1, 0.15) is 0 Å². The van der Waals surface area contributed by atoms with Crippen LogP contribution in [-0.4, -0.2) is 5.88 Å². The summed E-state index contributed by atoms with van der Waals surface area (Å²) in [5.74, 6) is 7.60. The van der Waals surface area contributed by atoms with E-state index in [1.165, 1.54) is 38.5 Å². The Kier molecular flexibility index (Phi) is 7.93. The van der Waals surface area contributed by atoms with Gasteiger partial charge in [0.2, 0.25) is 0 Å². The molecule has 4 aliphatic rings. The molecule has 3 fully saturated rings. The predicted octanol–water partition coefficient (Wildman–Crippen LogP) is 7.96. The smallest absolute Gasteiger partial charge is 0.0226 e. The van der Waals surface area contributed by atoms with Gasteiger partial charge in [-0.1, -0.05) is 60.1 Å². The van der Waals surface area contributed by atoms with Crippen molar-refractivity contribution in [3.63, 3.8) is 0 Å². The number of allylic oxidation sites excluding steroid dienone is 2. The first kappa shape index (κ1) is 21.3. The van der Waals surface area contributed by atoms with E-state index < -0.39 is 0 Å². The standard InChI is InChI=1S/C19H29Cl.C3H8.C2H6/c1-12-4-3-5-16-17-7-6-14-10-19(17,13(2)18(12)16)11-15(14)8-9-20;1-3-2;1-2/h3-4,12-18H,5-11H2,1-2H3;3H2,1-2H3;1-2H3. The van der Waals surface area contributed by atoms with E-state index in [4.69, 9.17) is 11.6 Å². The van der Waals surface area contributed by atoms with Gasteiger partial charge < -0.3 is 0 Å². The molecule has 0 aromatic heterocycles. The highest BCUT2D eigenvalue weighted by molar-refractivity contribution is 6.17. The van der Waals surface area contributed by atoms with E-state index in [1.807, 2.05) is 13.8 Å². The molecule has 0 amide bonds. The quantitative estimate of drug-likeness (QED) is 0.343. The fraction of sp³-hybridized carbons (Fsp3) is 0.917. The van der Waals surface area contributed by atoms with Crippen molar-refractivity contribution in [2.24, 2.45) is 46.8 Å². The van der Waals surface area contributed by atoms with Crippen molar-refractivity contribution < 1.29 is 0 Å². The monoisotopic (exact) mass is 366 g/mol. The Hall–Kier alpha value is 0.0300. The molecule has 8 atom stereocenters. The van der Waals surface area contributed by atoms with Gasteiger partial charge >= 0.3 is 0 Å². The van der Waals surface area contributed by atoms with Gasteiger partial charge in [-0.05, 0) is 85.4 Å². The fourth-order valence-electron chi connectivity index (χ4n) is 7.31. The summed E-state index contributed by atoms with van der Waals surface area (Å²) < 4.78 is 0. The van der Waals surface area contributed by atoms with E-state index in [-0.39, 0.29) is 0 Å². The third-order valence-electron chi connectivity index (χ3n) is 7.97. The van der Waals surface area contributed by atoms with Crippen LogP contribution in [0.2, 0.25) is 0 Å². The second-order valence-corrected chi connectivity index (χ2v) is 9.46. The van der Waals surface area contributed by atoms with Crippen molar-refractivity contribution in [1.29, 1.82) is 0 Å². The van der Waals surface area contributed by atoms with Gasteiger partial charge in [0.05, 0.1) is 0 Å². The van der Waals surface area contributed by atoms with Crippen LogP contribution in [0.5, 0.6) is 0 Å². The lowest BCUT2D eigenvalue weighted by atomic mass is 9.64. The second-order valence-electron chi connectivity index (χ2n) is 9.08. The summed E-state index contributed by atoms with van der Waals surface area (Å²) in [5.41, 5.74) is 0.704. The Morgan fingerprint density at radius 1 is 1.08 bits per heavy atom. The van der Waals surface area contributed by atoms with Gasteiger partial charge in [-0.15, -0.1) is 11.6 Å². The second kappa shape index (κ2) is 9.29. The molecule has 25 heavy (non-hydrogen) atoms. The molecule has 146 valence electrons. The van der Waals surface area contributed by atoms with Gasteiger partial charge in [0.25, 0.3) is 0 Å². The van der Waals surface area contributed by atoms with Gasteiger partial charge in [-0.3, -0.25) is 0 Å². The first-order valence-electron chi connectivity index (χ1n) is 11.3. The summed E-state index contributed by atoms with van der Waals surface area (Å²) in [6.45, 7) is 13.3. The first-order chi connectivity index (χ1) is 12.1. The highest BCUT2D eigenvalue weighted by Gasteiger charge is 2.64. The van der Waals surface area contributed by atoms with E-state index in [9.17, 15) is 0 Å². The number of rotatable bonds is 2. The maximum Gasteiger partial charge on any atom is 0.0226 e. The molecule has 0 aromatic carbocycles. The van der Waals surface area contributed by atoms with E-state index in [1.54, 1.807) is 6.42 Å². The topological polar surface area (TPSA) is 0 Å². The van der Waals surface area contributed by atoms with Crippen LogP contribution in [-0.2, 0) is 0 Å². The minimum atomic E-state index is 0.704. The minimum absolute atomic E-state index is 0.704. The van der Waals surface area contributed by atoms with Crippen LogP contribution in [0.4, 0.5) is 0 Å². The summed E-state index contributed by atoms with van der Waals surface area (Å²) in [5, 5.41) is 0. The number of hydrogen-bond donors (Lipinski definition) is 0. The number of fused-ring (bicyclic) bond motifs is 3. The zero-order valence-corrected chi connectivity index (χ0v) is 18.5. The molecule has 0 saturated heterocycles. The third-order valence-corrected chi connectivity index (χ3v) is 8.19. The number of halogens is 1. The van der Waals surface area contributed by atoms with Crippen molar-refractivity contribution in [2.75, 3.05) is 5.88 Å². The summed E-state index contributed by atoms with van der Waals surface area (Å²) in [4.78, 5) is 0. The maximum atomic E-state index is 6.08. The van der Waals surface area contributed by atoms with Crippen LogP contribution in [0, 0.1) is 46.8 Å². The molecule has 4 rings (SSSR count). The lowest BCUT2D eigenvalue weighted by Crippen LogP contribution is -2.33. The lowest BCUT2D eigenvalue weighted by molar-refractivity contribution is 0.0865. The van der Waals surface area contributed by atoms with Gasteiger partial charge in [-0.25, -0.2) is 0 Å². The molecule has 3 saturated carbocycles. The molecule has 0 nitrogen and oxygen atoms in total. The third kappa shape index (κ3) is 3.71. The fourth-order valence-corrected chi connectivity index (χ4v) is 7.59. The van der Waals surface area contributed by atoms with E-state index >= 15 is 0 Å². The minimum Gasteiger partial charge on any atom is -0.127 e. The van der Waals surface area contributed by atoms with Crippen LogP contribution < -0.4 is 0 Å². The Labute approximate surface area is 163 Å². The largest absolute Gasteiger partial charge is 0.127 e. The molecule has 2 bridgehead atoms. The number of hydrogen-bond acceptors (Lipinski definition) is 0. The molecule has 0 aromatic rings. The molecule has 0 radical (unpaired) electrons. The van der Waals surface area contributed by atoms with Crippen LogP contribution in [0.25, 0.3) is 0 Å². The van der Waals surface area contributed by atoms with Crippen molar-refractivity contribution in [3.8, 4) is 0 Å². The van der Waals surface area contributed by atoms with Crippen molar-refractivity contribution in [3.05, 3.63) is 12.2 Å². The summed E-state index contributed by atoms with van der Waals surface area (Å²) in [6.07, 6.45) is 15.0. The van der Waals surface area contributed by atoms with E-state index in [2.05, 4.69) is 39.8 Å².